The molecule has 26 heavy (non-hydrogen) atoms. The average Bonchev–Trinajstić information content (AvgIpc) is 3.35. The number of hydrogen-bond acceptors (Lipinski definition) is 5. The second-order valence-electron chi connectivity index (χ2n) is 7.76. The Kier molecular flexibility index (Phi) is 5.12. The standard InChI is InChI=1S/C17H27N3O6/c1-11-15(24)19(6-7-20(11)16(25)26)9-12(21)8-14(23)18-5-4-17(2-3-17)13(22)10-18/h11-13,21-22H,2-10H2,1H3,(H,25,26)/t11-,12-,13+/m0/s1. The largest absolute Gasteiger partial charge is 0.465 e. The van der Waals surface area contributed by atoms with Crippen LogP contribution in [0.2, 0.25) is 0 Å². The highest BCUT2D eigenvalue weighted by molar-refractivity contribution is 5.86. The number of nitrogens with zero attached hydrogens (tertiary/aromatic N) is 3. The molecule has 2 heterocycles. The van der Waals surface area contributed by atoms with Crippen molar-refractivity contribution in [3.8, 4) is 0 Å². The molecule has 1 saturated carbocycles. The van der Waals surface area contributed by atoms with Gasteiger partial charge in [-0.1, -0.05) is 0 Å². The van der Waals surface area contributed by atoms with E-state index in [1.807, 2.05) is 0 Å². The molecule has 3 N–H and O–H groups in total. The van der Waals surface area contributed by atoms with E-state index < -0.39 is 24.3 Å². The van der Waals surface area contributed by atoms with Gasteiger partial charge in [0.25, 0.3) is 0 Å². The number of hydrogen-bond donors (Lipinski definition) is 3. The molecule has 0 aromatic carbocycles. The molecule has 1 spiro atoms. The predicted molar refractivity (Wildman–Crippen MR) is 90.3 cm³/mol. The minimum atomic E-state index is -1.14. The number of carboxylic acid groups (broad SMARTS) is 1. The Labute approximate surface area is 152 Å². The third kappa shape index (κ3) is 3.64. The third-order valence-corrected chi connectivity index (χ3v) is 6.06. The van der Waals surface area contributed by atoms with Crippen molar-refractivity contribution in [2.75, 3.05) is 32.7 Å². The van der Waals surface area contributed by atoms with E-state index in [1.54, 1.807) is 4.90 Å². The number of aliphatic hydroxyl groups excluding tert-OH is 2. The molecule has 3 amide bonds. The van der Waals surface area contributed by atoms with Crippen LogP contribution in [0.5, 0.6) is 0 Å². The van der Waals surface area contributed by atoms with Crippen LogP contribution >= 0.6 is 0 Å². The fourth-order valence-corrected chi connectivity index (χ4v) is 4.01. The Morgan fingerprint density at radius 1 is 1.23 bits per heavy atom. The van der Waals surface area contributed by atoms with Crippen LogP contribution in [-0.2, 0) is 9.59 Å². The van der Waals surface area contributed by atoms with E-state index in [0.29, 0.717) is 13.1 Å². The first-order chi connectivity index (χ1) is 12.2. The number of carbonyl (C=O) groups excluding carboxylic acids is 2. The van der Waals surface area contributed by atoms with Gasteiger partial charge < -0.3 is 25.1 Å². The van der Waals surface area contributed by atoms with E-state index in [4.69, 9.17) is 5.11 Å². The predicted octanol–water partition coefficient (Wildman–Crippen LogP) is -0.678. The normalized spacial score (nSPS) is 29.0. The maximum atomic E-state index is 12.4. The van der Waals surface area contributed by atoms with E-state index in [2.05, 4.69) is 0 Å². The first-order valence-electron chi connectivity index (χ1n) is 9.16. The molecule has 0 unspecified atom stereocenters. The molecule has 2 aliphatic heterocycles. The molecule has 3 aliphatic rings. The Morgan fingerprint density at radius 2 is 1.92 bits per heavy atom. The van der Waals surface area contributed by atoms with Crippen molar-refractivity contribution in [1.82, 2.24) is 14.7 Å². The van der Waals surface area contributed by atoms with Crippen LogP contribution in [-0.4, -0.2) is 98.9 Å². The number of carbonyl (C=O) groups is 3. The first-order valence-corrected chi connectivity index (χ1v) is 9.16. The smallest absolute Gasteiger partial charge is 0.408 e. The van der Waals surface area contributed by atoms with E-state index >= 15 is 0 Å². The van der Waals surface area contributed by atoms with Crippen molar-refractivity contribution in [2.45, 2.75) is 50.9 Å². The molecular weight excluding hydrogens is 342 g/mol. The molecule has 9 nitrogen and oxygen atoms in total. The van der Waals surface area contributed by atoms with Gasteiger partial charge >= 0.3 is 6.09 Å². The van der Waals surface area contributed by atoms with Gasteiger partial charge in [-0.15, -0.1) is 0 Å². The van der Waals surface area contributed by atoms with Crippen molar-refractivity contribution in [2.24, 2.45) is 5.41 Å². The van der Waals surface area contributed by atoms with E-state index in [0.717, 1.165) is 24.2 Å². The summed E-state index contributed by atoms with van der Waals surface area (Å²) < 4.78 is 0. The number of aliphatic hydroxyl groups is 2. The fourth-order valence-electron chi connectivity index (χ4n) is 4.01. The lowest BCUT2D eigenvalue weighted by Gasteiger charge is -2.39. The third-order valence-electron chi connectivity index (χ3n) is 6.06. The summed E-state index contributed by atoms with van der Waals surface area (Å²) in [5.41, 5.74) is 0.0156. The van der Waals surface area contributed by atoms with Crippen molar-refractivity contribution in [3.63, 3.8) is 0 Å². The number of rotatable bonds is 4. The van der Waals surface area contributed by atoms with E-state index in [9.17, 15) is 24.6 Å². The van der Waals surface area contributed by atoms with Crippen LogP contribution in [0.1, 0.15) is 32.6 Å². The number of β-amino-alcohol motifs (C(OH)–C–C–N with tert-alkyl or cyclic N) is 2. The van der Waals surface area contributed by atoms with Gasteiger partial charge in [-0.3, -0.25) is 14.5 Å². The summed E-state index contributed by atoms with van der Waals surface area (Å²) in [6, 6.07) is -0.795. The monoisotopic (exact) mass is 369 g/mol. The highest BCUT2D eigenvalue weighted by Gasteiger charge is 2.51. The second kappa shape index (κ2) is 7.03. The lowest BCUT2D eigenvalue weighted by Crippen LogP contribution is -2.58. The fraction of sp³-hybridized carbons (Fsp3) is 0.824. The molecule has 0 aromatic heterocycles. The van der Waals surface area contributed by atoms with Crippen molar-refractivity contribution >= 4 is 17.9 Å². The number of piperazine rings is 1. The molecule has 1 aliphatic carbocycles. The van der Waals surface area contributed by atoms with Crippen LogP contribution in [0.25, 0.3) is 0 Å². The Morgan fingerprint density at radius 3 is 2.50 bits per heavy atom. The quantitative estimate of drug-likeness (QED) is 0.604. The summed E-state index contributed by atoms with van der Waals surface area (Å²) in [6.07, 6.45) is 0.0678. The van der Waals surface area contributed by atoms with Gasteiger partial charge in [0.05, 0.1) is 18.6 Å². The zero-order valence-electron chi connectivity index (χ0n) is 15.0. The molecule has 0 radical (unpaired) electrons. The van der Waals surface area contributed by atoms with E-state index in [1.165, 1.54) is 11.8 Å². The topological polar surface area (TPSA) is 122 Å². The molecular formula is C17H27N3O6. The van der Waals surface area contributed by atoms with Crippen molar-refractivity contribution in [1.29, 1.82) is 0 Å². The number of piperidine rings is 1. The van der Waals surface area contributed by atoms with Crippen molar-refractivity contribution in [3.05, 3.63) is 0 Å². The Bertz CT molecular complexity index is 593. The second-order valence-corrected chi connectivity index (χ2v) is 7.76. The zero-order chi connectivity index (χ0) is 19.1. The SMILES string of the molecule is C[C@H]1C(=O)N(C[C@@H](O)CC(=O)N2CCC3(CC3)[C@H](O)C2)CCN1C(=O)O. The molecule has 0 aromatic rings. The average molecular weight is 369 g/mol. The summed E-state index contributed by atoms with van der Waals surface area (Å²) in [5.74, 6) is -0.592. The summed E-state index contributed by atoms with van der Waals surface area (Å²) in [5, 5.41) is 29.5. The van der Waals surface area contributed by atoms with Gasteiger partial charge in [0.1, 0.15) is 6.04 Å². The molecule has 0 bridgehead atoms. The van der Waals surface area contributed by atoms with Crippen LogP contribution in [0.4, 0.5) is 4.79 Å². The summed E-state index contributed by atoms with van der Waals surface area (Å²) in [7, 11) is 0. The maximum Gasteiger partial charge on any atom is 0.408 e. The van der Waals surface area contributed by atoms with E-state index in [-0.39, 0.29) is 43.3 Å². The molecule has 9 heteroatoms. The lowest BCUT2D eigenvalue weighted by atomic mass is 9.90. The van der Waals surface area contributed by atoms with Gasteiger partial charge in [-0.05, 0) is 31.6 Å². The zero-order valence-corrected chi connectivity index (χ0v) is 15.0. The van der Waals surface area contributed by atoms with Gasteiger partial charge in [-0.25, -0.2) is 4.79 Å². The van der Waals surface area contributed by atoms with Crippen LogP contribution in [0.3, 0.4) is 0 Å². The molecule has 2 saturated heterocycles. The van der Waals surface area contributed by atoms with Gasteiger partial charge in [0.2, 0.25) is 11.8 Å². The van der Waals surface area contributed by atoms with Gasteiger partial charge in [0, 0.05) is 32.7 Å². The highest BCUT2D eigenvalue weighted by Crippen LogP contribution is 2.53. The first kappa shape index (κ1) is 18.9. The summed E-state index contributed by atoms with van der Waals surface area (Å²) in [6.45, 7) is 2.80. The summed E-state index contributed by atoms with van der Waals surface area (Å²) >= 11 is 0. The molecule has 3 fully saturated rings. The van der Waals surface area contributed by atoms with Crippen LogP contribution in [0.15, 0.2) is 0 Å². The Balaban J connectivity index is 1.48. The molecule has 146 valence electrons. The lowest BCUT2D eigenvalue weighted by molar-refractivity contribution is -0.144. The molecule has 3 rings (SSSR count). The maximum absolute atomic E-state index is 12.4. The summed E-state index contributed by atoms with van der Waals surface area (Å²) in [4.78, 5) is 39.8. The van der Waals surface area contributed by atoms with Gasteiger partial charge in [0.15, 0.2) is 0 Å². The highest BCUT2D eigenvalue weighted by atomic mass is 16.4. The minimum Gasteiger partial charge on any atom is -0.465 e. The van der Waals surface area contributed by atoms with Crippen molar-refractivity contribution < 1.29 is 29.7 Å². The van der Waals surface area contributed by atoms with Crippen LogP contribution < -0.4 is 0 Å². The molecule has 3 atom stereocenters. The van der Waals surface area contributed by atoms with Gasteiger partial charge in [-0.2, -0.15) is 0 Å². The number of likely N-dealkylation sites (tertiary alicyclic amines) is 1. The number of amides is 3. The van der Waals surface area contributed by atoms with Crippen LogP contribution in [0, 0.1) is 5.41 Å². The minimum absolute atomic E-state index is 0.00268. The Hall–Kier alpha value is -1.87.